The number of likely N-dealkylation sites (N-methyl/N-ethyl adjacent to an activating group) is 1. The van der Waals surface area contributed by atoms with E-state index < -0.39 is 5.97 Å². The number of hydrogen-bond acceptors (Lipinski definition) is 6. The first-order chi connectivity index (χ1) is 12.6. The van der Waals surface area contributed by atoms with Gasteiger partial charge in [0.05, 0.1) is 25.2 Å². The van der Waals surface area contributed by atoms with Gasteiger partial charge in [-0.3, -0.25) is 4.98 Å². The fourth-order valence-corrected chi connectivity index (χ4v) is 2.54. The maximum atomic E-state index is 11.1. The van der Waals surface area contributed by atoms with Gasteiger partial charge in [0.25, 0.3) is 0 Å². The Labute approximate surface area is 154 Å². The summed E-state index contributed by atoms with van der Waals surface area (Å²) in [4.78, 5) is 22.0. The van der Waals surface area contributed by atoms with Crippen LogP contribution >= 0.6 is 0 Å². The summed E-state index contributed by atoms with van der Waals surface area (Å²) < 4.78 is 4.55. The lowest BCUT2D eigenvalue weighted by molar-refractivity contribution is -0.134. The Hall–Kier alpha value is -2.73. The summed E-state index contributed by atoms with van der Waals surface area (Å²) in [6, 6.07) is 10.7. The summed E-state index contributed by atoms with van der Waals surface area (Å²) in [5.74, 6) is 0.307. The van der Waals surface area contributed by atoms with Gasteiger partial charge in [-0.15, -0.1) is 0 Å². The lowest BCUT2D eigenvalue weighted by Crippen LogP contribution is -2.34. The minimum Gasteiger partial charge on any atom is -0.466 e. The Morgan fingerprint density at radius 2 is 2.04 bits per heavy atom. The number of hydrogen-bond donors (Lipinski definition) is 1. The maximum absolute atomic E-state index is 11.1. The Bertz CT molecular complexity index is 702. The molecule has 0 amide bonds. The fourth-order valence-electron chi connectivity index (χ4n) is 2.54. The van der Waals surface area contributed by atoms with Crippen LogP contribution in [0.1, 0.15) is 24.6 Å². The summed E-state index contributed by atoms with van der Waals surface area (Å²) in [6.07, 6.45) is 7.18. The van der Waals surface area contributed by atoms with Crippen molar-refractivity contribution >= 4 is 17.9 Å². The number of aromatic nitrogens is 2. The van der Waals surface area contributed by atoms with Crippen LogP contribution in [0.3, 0.4) is 0 Å². The van der Waals surface area contributed by atoms with Crippen LogP contribution in [0.25, 0.3) is 6.08 Å². The van der Waals surface area contributed by atoms with Crippen molar-refractivity contribution in [1.29, 1.82) is 0 Å². The lowest BCUT2D eigenvalue weighted by atomic mass is 10.2. The van der Waals surface area contributed by atoms with Gasteiger partial charge in [-0.25, -0.2) is 9.78 Å². The molecule has 2 aromatic rings. The van der Waals surface area contributed by atoms with Gasteiger partial charge in [-0.05, 0) is 25.1 Å². The normalized spacial score (nSPS) is 12.3. The van der Waals surface area contributed by atoms with E-state index in [1.807, 2.05) is 6.07 Å². The SMILES string of the molecule is CC[C@H](CN(C)Cc1ccccc1)Nc1cnc(/C=C/C(=O)OC)cn1. The number of rotatable bonds is 9. The Morgan fingerprint density at radius 1 is 1.27 bits per heavy atom. The first kappa shape index (κ1) is 19.6. The molecule has 0 aliphatic carbocycles. The molecule has 1 aromatic heterocycles. The number of nitrogens with zero attached hydrogens (tertiary/aromatic N) is 3. The third-order valence-electron chi connectivity index (χ3n) is 3.94. The minimum absolute atomic E-state index is 0.273. The van der Waals surface area contributed by atoms with Crippen LogP contribution in [0.15, 0.2) is 48.8 Å². The molecule has 1 atom stereocenters. The molecule has 0 aliphatic heterocycles. The monoisotopic (exact) mass is 354 g/mol. The van der Waals surface area contributed by atoms with Crippen LogP contribution in [-0.4, -0.2) is 47.6 Å². The van der Waals surface area contributed by atoms with Crippen LogP contribution in [0.2, 0.25) is 0 Å². The highest BCUT2D eigenvalue weighted by molar-refractivity contribution is 5.86. The van der Waals surface area contributed by atoms with Crippen molar-refractivity contribution in [3.63, 3.8) is 0 Å². The highest BCUT2D eigenvalue weighted by Crippen LogP contribution is 2.09. The van der Waals surface area contributed by atoms with E-state index in [-0.39, 0.29) is 6.04 Å². The predicted octanol–water partition coefficient (Wildman–Crippen LogP) is 2.99. The van der Waals surface area contributed by atoms with Crippen molar-refractivity contribution in [2.75, 3.05) is 26.0 Å². The molecule has 0 spiro atoms. The number of benzene rings is 1. The van der Waals surface area contributed by atoms with Crippen LogP contribution in [-0.2, 0) is 16.1 Å². The molecular weight excluding hydrogens is 328 g/mol. The molecule has 1 aromatic carbocycles. The van der Waals surface area contributed by atoms with Crippen LogP contribution in [0.5, 0.6) is 0 Å². The number of carbonyl (C=O) groups is 1. The zero-order valence-corrected chi connectivity index (χ0v) is 15.6. The van der Waals surface area contributed by atoms with E-state index in [0.717, 1.165) is 25.3 Å². The van der Waals surface area contributed by atoms with E-state index in [0.29, 0.717) is 5.69 Å². The van der Waals surface area contributed by atoms with E-state index in [1.54, 1.807) is 18.5 Å². The van der Waals surface area contributed by atoms with E-state index >= 15 is 0 Å². The van der Waals surface area contributed by atoms with Crippen LogP contribution in [0.4, 0.5) is 5.82 Å². The molecule has 138 valence electrons. The highest BCUT2D eigenvalue weighted by Gasteiger charge is 2.11. The van der Waals surface area contributed by atoms with Gasteiger partial charge in [-0.1, -0.05) is 37.3 Å². The summed E-state index contributed by atoms with van der Waals surface area (Å²) in [5.41, 5.74) is 1.90. The molecule has 0 radical (unpaired) electrons. The summed E-state index contributed by atoms with van der Waals surface area (Å²) in [5, 5.41) is 3.42. The van der Waals surface area contributed by atoms with Crippen molar-refractivity contribution in [3.05, 3.63) is 60.1 Å². The number of ether oxygens (including phenoxy) is 1. The number of anilines is 1. The van der Waals surface area contributed by atoms with Gasteiger partial charge in [0.15, 0.2) is 0 Å². The average molecular weight is 354 g/mol. The molecule has 0 fully saturated rings. The number of carbonyl (C=O) groups excluding carboxylic acids is 1. The molecular formula is C20H26N4O2. The van der Waals surface area contributed by atoms with E-state index in [2.05, 4.69) is 63.2 Å². The summed E-state index contributed by atoms with van der Waals surface area (Å²) in [6.45, 7) is 3.95. The minimum atomic E-state index is -0.415. The first-order valence-corrected chi connectivity index (χ1v) is 8.67. The summed E-state index contributed by atoms with van der Waals surface area (Å²) in [7, 11) is 3.45. The molecule has 6 nitrogen and oxygen atoms in total. The molecule has 0 unspecified atom stereocenters. The lowest BCUT2D eigenvalue weighted by Gasteiger charge is -2.24. The van der Waals surface area contributed by atoms with Gasteiger partial charge in [0.1, 0.15) is 5.82 Å². The Balaban J connectivity index is 1.88. The number of nitrogens with one attached hydrogen (secondary N) is 1. The second-order valence-corrected chi connectivity index (χ2v) is 6.11. The highest BCUT2D eigenvalue weighted by atomic mass is 16.5. The molecule has 26 heavy (non-hydrogen) atoms. The Kier molecular flexibility index (Phi) is 7.76. The van der Waals surface area contributed by atoms with E-state index in [1.165, 1.54) is 18.7 Å². The first-order valence-electron chi connectivity index (χ1n) is 8.67. The van der Waals surface area contributed by atoms with Crippen molar-refractivity contribution in [3.8, 4) is 0 Å². The molecule has 1 N–H and O–H groups in total. The zero-order valence-electron chi connectivity index (χ0n) is 15.6. The Morgan fingerprint density at radius 3 is 2.65 bits per heavy atom. The average Bonchev–Trinajstić information content (AvgIpc) is 2.67. The van der Waals surface area contributed by atoms with Crippen LogP contribution in [0, 0.1) is 0 Å². The van der Waals surface area contributed by atoms with Crippen molar-refractivity contribution in [2.24, 2.45) is 0 Å². The molecule has 1 heterocycles. The fraction of sp³-hybridized carbons (Fsp3) is 0.350. The molecule has 0 saturated carbocycles. The molecule has 0 saturated heterocycles. The number of esters is 1. The quantitative estimate of drug-likeness (QED) is 0.552. The largest absolute Gasteiger partial charge is 0.466 e. The van der Waals surface area contributed by atoms with Gasteiger partial charge in [0, 0.05) is 25.2 Å². The smallest absolute Gasteiger partial charge is 0.330 e. The molecule has 2 rings (SSSR count). The van der Waals surface area contributed by atoms with Gasteiger partial charge < -0.3 is 15.0 Å². The van der Waals surface area contributed by atoms with E-state index in [9.17, 15) is 4.79 Å². The van der Waals surface area contributed by atoms with Crippen LogP contribution < -0.4 is 5.32 Å². The molecule has 0 aliphatic rings. The molecule has 0 bridgehead atoms. The zero-order chi connectivity index (χ0) is 18.8. The van der Waals surface area contributed by atoms with Crippen molar-refractivity contribution in [2.45, 2.75) is 25.9 Å². The summed E-state index contributed by atoms with van der Waals surface area (Å²) >= 11 is 0. The van der Waals surface area contributed by atoms with Gasteiger partial charge in [0.2, 0.25) is 0 Å². The van der Waals surface area contributed by atoms with E-state index in [4.69, 9.17) is 0 Å². The second kappa shape index (κ2) is 10.3. The standard InChI is InChI=1S/C20H26N4O2/c1-4-17(15-24(2)14-16-8-6-5-7-9-16)23-19-13-21-18(12-22-19)10-11-20(25)26-3/h5-13,17H,4,14-15H2,1-3H3,(H,22,23)/b11-10+/t17-/m1/s1. The molecule has 6 heteroatoms. The van der Waals surface area contributed by atoms with Crippen molar-refractivity contribution < 1.29 is 9.53 Å². The number of methoxy groups -OCH3 is 1. The maximum Gasteiger partial charge on any atom is 0.330 e. The predicted molar refractivity (Wildman–Crippen MR) is 104 cm³/mol. The van der Waals surface area contributed by atoms with Gasteiger partial charge in [-0.2, -0.15) is 0 Å². The third-order valence-corrected chi connectivity index (χ3v) is 3.94. The van der Waals surface area contributed by atoms with Crippen molar-refractivity contribution in [1.82, 2.24) is 14.9 Å². The topological polar surface area (TPSA) is 67.4 Å². The third kappa shape index (κ3) is 6.64. The second-order valence-electron chi connectivity index (χ2n) is 6.11. The van der Waals surface area contributed by atoms with Gasteiger partial charge >= 0.3 is 5.97 Å².